The molecule has 0 bridgehead atoms. The summed E-state index contributed by atoms with van der Waals surface area (Å²) < 4.78 is 20.9. The topological polar surface area (TPSA) is 533 Å². The van der Waals surface area contributed by atoms with Crippen molar-refractivity contribution in [3.63, 3.8) is 0 Å². The molecule has 1 aromatic heterocycles. The van der Waals surface area contributed by atoms with Crippen LogP contribution in [0, 0.1) is 12.7 Å². The highest BCUT2D eigenvalue weighted by atomic mass is 19.1. The van der Waals surface area contributed by atoms with Gasteiger partial charge in [-0.05, 0) is 123 Å². The number of carboxylic acid groups (broad SMARTS) is 2. The Morgan fingerprint density at radius 3 is 1.72 bits per heavy atom. The number of aliphatic carboxylic acids is 2. The summed E-state index contributed by atoms with van der Waals surface area (Å²) >= 11 is 0. The molecule has 0 radical (unpaired) electrons. The van der Waals surface area contributed by atoms with Crippen LogP contribution in [0.25, 0.3) is 22.3 Å². The van der Waals surface area contributed by atoms with Gasteiger partial charge >= 0.3 is 11.9 Å². The van der Waals surface area contributed by atoms with Crippen molar-refractivity contribution in [2.75, 3.05) is 20.3 Å². The van der Waals surface area contributed by atoms with Crippen LogP contribution in [0.1, 0.15) is 94.3 Å². The van der Waals surface area contributed by atoms with E-state index in [4.69, 9.17) is 16.2 Å². The first-order valence-electron chi connectivity index (χ1n) is 35.1. The van der Waals surface area contributed by atoms with Gasteiger partial charge in [-0.1, -0.05) is 104 Å². The maximum absolute atomic E-state index is 15.5. The normalized spacial score (nSPS) is 14.5. The molecule has 6 aromatic rings. The minimum Gasteiger partial charge on any atom is -0.497 e. The zero-order chi connectivity index (χ0) is 81.3. The summed E-state index contributed by atoms with van der Waals surface area (Å²) in [6, 6.07) is 18.1. The van der Waals surface area contributed by atoms with Crippen molar-refractivity contribution < 1.29 is 97.0 Å². The number of aromatic nitrogens is 2. The number of primary amides is 1. The zero-order valence-corrected chi connectivity index (χ0v) is 61.9. The first kappa shape index (κ1) is 86.9. The number of nitrogens with zero attached hydrogens (tertiary/aromatic N) is 1. The molecule has 0 aliphatic rings. The second-order valence-electron chi connectivity index (χ2n) is 27.1. The standard InChI is InChI=1S/C76H95FN14O19/c1-9-45-32-50(110-8)26-27-52(45)47-24-20-44(21-25-47)31-57(68(103)83-56(65(79)100)30-43-18-22-46(23-19-43)51-16-12-10-14-40(51)2)84-69(104)58(34-62(98)99)85-70(105)59(38-92)86-71(106)63(41(3)93)89-74(109)76(7,35-48-15-11-13-17-53(48)77)91-72(107)64(42(4)94)88-60(95)37-81-67(102)55(28-29-61(96)97)87-73(108)75(5,6)90-66(101)54(78)33-49-36-80-39-82-49/h10-27,32,36,39,41-42,54-59,63-64,92-94H,9,28-31,33-35,37-38,78H2,1-8H3,(H2,79,100)(H,80,82)(H,81,102)(H,83,103)(H,84,104)(H,85,105)(H,86,106)(H,87,108)(H,88,95)(H,89,109)(H,90,101)(H,91,107)(H,96,97)(H,98,99)/t41?,42?,54-,55-,56-,57-,58-,59-,63-,64-,76+/m0/s1. The van der Waals surface area contributed by atoms with Crippen LogP contribution in [0.4, 0.5) is 4.39 Å². The smallest absolute Gasteiger partial charge is 0.305 e. The lowest BCUT2D eigenvalue weighted by Crippen LogP contribution is -2.67. The quantitative estimate of drug-likeness (QED) is 0.0224. The third-order valence-corrected chi connectivity index (χ3v) is 17.9. The highest BCUT2D eigenvalue weighted by molar-refractivity contribution is 6.01. The molecule has 0 aliphatic heterocycles. The van der Waals surface area contributed by atoms with Gasteiger partial charge in [-0.15, -0.1) is 0 Å². The van der Waals surface area contributed by atoms with Gasteiger partial charge in [0.2, 0.25) is 65.0 Å². The predicted octanol–water partition coefficient (Wildman–Crippen LogP) is -0.782. The summed E-state index contributed by atoms with van der Waals surface area (Å²) in [5.74, 6) is -16.1. The van der Waals surface area contributed by atoms with Crippen LogP contribution in [0.15, 0.2) is 128 Å². The summed E-state index contributed by atoms with van der Waals surface area (Å²) in [6.07, 6.45) is -3.76. The highest BCUT2D eigenvalue weighted by Crippen LogP contribution is 2.29. The molecule has 0 spiro atoms. The molecular formula is C76H95FN14O19. The van der Waals surface area contributed by atoms with Crippen molar-refractivity contribution in [3.8, 4) is 28.0 Å². The van der Waals surface area contributed by atoms with Gasteiger partial charge < -0.3 is 99.9 Å². The Labute approximate surface area is 632 Å². The number of carbonyl (C=O) groups is 13. The molecule has 11 amide bonds. The van der Waals surface area contributed by atoms with Gasteiger partial charge in [0.1, 0.15) is 64.9 Å². The highest BCUT2D eigenvalue weighted by Gasteiger charge is 2.43. The lowest BCUT2D eigenvalue weighted by atomic mass is 9.90. The number of aryl methyl sites for hydroxylation is 2. The average molecular weight is 1530 g/mol. The maximum Gasteiger partial charge on any atom is 0.305 e. The number of methoxy groups -OCH3 is 1. The molecule has 6 rings (SSSR count). The molecule has 11 atom stereocenters. The van der Waals surface area contributed by atoms with Gasteiger partial charge in [0, 0.05) is 38.3 Å². The molecular weight excluding hydrogens is 1430 g/mol. The Morgan fingerprint density at radius 1 is 0.591 bits per heavy atom. The van der Waals surface area contributed by atoms with Crippen molar-refractivity contribution in [2.45, 2.75) is 171 Å². The summed E-state index contributed by atoms with van der Waals surface area (Å²) in [4.78, 5) is 184. The fourth-order valence-electron chi connectivity index (χ4n) is 11.6. The number of carboxylic acids is 2. The van der Waals surface area contributed by atoms with Crippen LogP contribution in [0.5, 0.6) is 5.75 Å². The van der Waals surface area contributed by atoms with Crippen LogP contribution in [0.3, 0.4) is 0 Å². The van der Waals surface area contributed by atoms with Gasteiger partial charge in [0.05, 0.1) is 57.0 Å². The van der Waals surface area contributed by atoms with Crippen LogP contribution in [-0.2, 0) is 94.4 Å². The number of carbonyl (C=O) groups excluding carboxylic acids is 11. The summed E-state index contributed by atoms with van der Waals surface area (Å²) in [5, 5.41) is 75.3. The van der Waals surface area contributed by atoms with Gasteiger partial charge in [0.15, 0.2) is 0 Å². The molecule has 2 unspecified atom stereocenters. The summed E-state index contributed by atoms with van der Waals surface area (Å²) in [7, 11) is 1.55. The van der Waals surface area contributed by atoms with E-state index in [-0.39, 0.29) is 24.8 Å². The van der Waals surface area contributed by atoms with Gasteiger partial charge in [-0.25, -0.2) is 9.37 Å². The van der Waals surface area contributed by atoms with Gasteiger partial charge in [-0.2, -0.15) is 0 Å². The molecule has 5 aromatic carbocycles. The summed E-state index contributed by atoms with van der Waals surface area (Å²) in [6.45, 7) is 7.27. The zero-order valence-electron chi connectivity index (χ0n) is 61.9. The molecule has 33 nitrogen and oxygen atoms in total. The van der Waals surface area contributed by atoms with Gasteiger partial charge in [-0.3, -0.25) is 62.3 Å². The van der Waals surface area contributed by atoms with Crippen molar-refractivity contribution in [3.05, 3.63) is 167 Å². The number of hydrogen-bond donors (Lipinski definition) is 18. The third-order valence-electron chi connectivity index (χ3n) is 17.9. The van der Waals surface area contributed by atoms with E-state index in [9.17, 15) is 87.9 Å². The second kappa shape index (κ2) is 40.3. The minimum absolute atomic E-state index is 0.0162. The molecule has 590 valence electrons. The van der Waals surface area contributed by atoms with E-state index >= 15 is 4.39 Å². The molecule has 110 heavy (non-hydrogen) atoms. The number of H-pyrrole nitrogens is 1. The Bertz CT molecular complexity index is 4270. The number of amides is 11. The SMILES string of the molecule is CCc1cc(OC)ccc1-c1ccc(C[C@H](NC(=O)[C@H](CC(=O)O)NC(=O)[C@H](CO)NC(=O)[C@@H](NC(=O)[C@@](C)(Cc2ccccc2F)NC(=O)[C@@H](NC(=O)CNC(=O)[C@H](CCC(=O)O)NC(=O)C(C)(C)NC(=O)[C@@H](N)Cc2c[nH]cn2)C(C)O)C(C)O)C(=O)N[C@@H](Cc2ccc(-c3ccccc3C)cc2)C(N)=O)cc1. The van der Waals surface area contributed by atoms with Crippen LogP contribution < -0.4 is 69.4 Å². The Kier molecular flexibility index (Phi) is 31.8. The fraction of sp³-hybridized carbons (Fsp3) is 0.395. The van der Waals surface area contributed by atoms with Crippen molar-refractivity contribution in [1.82, 2.24) is 63.1 Å². The maximum atomic E-state index is 15.5. The van der Waals surface area contributed by atoms with E-state index in [0.717, 1.165) is 60.2 Å². The monoisotopic (exact) mass is 1530 g/mol. The number of benzene rings is 5. The Morgan fingerprint density at radius 2 is 1.15 bits per heavy atom. The number of rotatable bonds is 41. The number of imidazole rings is 1. The second-order valence-corrected chi connectivity index (χ2v) is 27.1. The molecule has 0 aliphatic carbocycles. The number of hydrogen-bond acceptors (Lipinski definition) is 19. The Balaban J connectivity index is 1.17. The lowest BCUT2D eigenvalue weighted by molar-refractivity contribution is -0.142. The Hall–Kier alpha value is -12.0. The number of nitrogens with two attached hydrogens (primary N) is 2. The first-order chi connectivity index (χ1) is 52.0. The first-order valence-corrected chi connectivity index (χ1v) is 35.1. The van der Waals surface area contributed by atoms with E-state index in [1.165, 1.54) is 44.6 Å². The van der Waals surface area contributed by atoms with Gasteiger partial charge in [0.25, 0.3) is 0 Å². The van der Waals surface area contributed by atoms with Crippen LogP contribution in [0.2, 0.25) is 0 Å². The third kappa shape index (κ3) is 25.3. The van der Waals surface area contributed by atoms with E-state index in [1.54, 1.807) is 49.6 Å². The number of aromatic amines is 1. The van der Waals surface area contributed by atoms with Crippen molar-refractivity contribution in [1.29, 1.82) is 0 Å². The van der Waals surface area contributed by atoms with E-state index in [2.05, 4.69) is 63.1 Å². The molecule has 0 saturated carbocycles. The molecule has 1 heterocycles. The van der Waals surface area contributed by atoms with E-state index < -0.39 is 193 Å². The number of aliphatic hydroxyl groups excluding tert-OH is 3. The largest absolute Gasteiger partial charge is 0.497 e. The molecule has 0 saturated heterocycles. The minimum atomic E-state index is -2.43. The number of ether oxygens (including phenoxy) is 1. The molecule has 34 heteroatoms. The van der Waals surface area contributed by atoms with E-state index in [1.807, 2.05) is 62.4 Å². The van der Waals surface area contributed by atoms with Crippen LogP contribution in [-0.4, -0.2) is 204 Å². The number of halogens is 1. The van der Waals surface area contributed by atoms with Crippen LogP contribution >= 0.6 is 0 Å². The predicted molar refractivity (Wildman–Crippen MR) is 396 cm³/mol. The number of nitrogens with one attached hydrogen (secondary N) is 11. The number of aliphatic hydroxyl groups is 3. The molecule has 0 fully saturated rings. The van der Waals surface area contributed by atoms with Crippen molar-refractivity contribution in [2.24, 2.45) is 11.5 Å². The van der Waals surface area contributed by atoms with Crippen molar-refractivity contribution >= 4 is 76.9 Å². The average Bonchev–Trinajstić information content (AvgIpc) is 1.10. The molecule has 20 N–H and O–H groups in total. The van der Waals surface area contributed by atoms with E-state index in [0.29, 0.717) is 29.0 Å². The fourth-order valence-corrected chi connectivity index (χ4v) is 11.6. The summed E-state index contributed by atoms with van der Waals surface area (Å²) in [5.41, 5.74) is 14.4. The lowest BCUT2D eigenvalue weighted by Gasteiger charge is -2.34.